The van der Waals surface area contributed by atoms with E-state index in [4.69, 9.17) is 0 Å². The van der Waals surface area contributed by atoms with E-state index in [0.29, 0.717) is 0 Å². The van der Waals surface area contributed by atoms with Crippen molar-refractivity contribution in [1.29, 1.82) is 0 Å². The monoisotopic (exact) mass is 740 g/mol. The summed E-state index contributed by atoms with van der Waals surface area (Å²) in [4.78, 5) is 4.73. The summed E-state index contributed by atoms with van der Waals surface area (Å²) >= 11 is 0. The maximum atomic E-state index is 2.37. The molecule has 0 fully saturated rings. The Bertz CT molecular complexity index is 2960. The molecule has 0 bridgehead atoms. The smallest absolute Gasteiger partial charge is 0.0540 e. The van der Waals surface area contributed by atoms with Crippen LogP contribution >= 0.6 is 0 Å². The maximum absolute atomic E-state index is 2.37. The first-order chi connectivity index (χ1) is 28.8. The van der Waals surface area contributed by atoms with Gasteiger partial charge in [0.15, 0.2) is 0 Å². The molecule has 0 aromatic heterocycles. The van der Waals surface area contributed by atoms with E-state index in [9.17, 15) is 0 Å². The minimum Gasteiger partial charge on any atom is -0.310 e. The zero-order valence-corrected chi connectivity index (χ0v) is 32.0. The van der Waals surface area contributed by atoms with Crippen molar-refractivity contribution in [3.8, 4) is 33.4 Å². The second-order valence-electron chi connectivity index (χ2n) is 14.6. The molecule has 2 nitrogen and oxygen atoms in total. The van der Waals surface area contributed by atoms with Crippen LogP contribution in [-0.4, -0.2) is 0 Å². The van der Waals surface area contributed by atoms with Gasteiger partial charge in [0.1, 0.15) is 0 Å². The van der Waals surface area contributed by atoms with Gasteiger partial charge in [0, 0.05) is 33.5 Å². The highest BCUT2D eigenvalue weighted by Crippen LogP contribution is 2.43. The number of anilines is 6. The molecule has 0 aliphatic carbocycles. The number of nitrogens with zero attached hydrogens (tertiary/aromatic N) is 2. The van der Waals surface area contributed by atoms with Gasteiger partial charge in [0.2, 0.25) is 0 Å². The molecule has 0 N–H and O–H groups in total. The molecular weight excluding hydrogens is 701 g/mol. The molecule has 10 aromatic rings. The molecule has 10 rings (SSSR count). The summed E-state index contributed by atoms with van der Waals surface area (Å²) in [5.74, 6) is 0. The van der Waals surface area contributed by atoms with Gasteiger partial charge in [-0.15, -0.1) is 0 Å². The molecule has 0 atom stereocenters. The molecule has 0 saturated carbocycles. The number of hydrogen-bond donors (Lipinski definition) is 0. The highest BCUT2D eigenvalue weighted by molar-refractivity contribution is 6.00. The van der Waals surface area contributed by atoms with Gasteiger partial charge in [-0.2, -0.15) is 0 Å². The third-order valence-electron chi connectivity index (χ3n) is 11.1. The van der Waals surface area contributed by atoms with E-state index in [2.05, 4.69) is 252 Å². The van der Waals surface area contributed by atoms with E-state index in [1.165, 1.54) is 54.9 Å². The van der Waals surface area contributed by atoms with Crippen LogP contribution < -0.4 is 9.80 Å². The standard InChI is InChI=1S/C56H40N2/c1-3-15-41(16-4-1)42-29-35-48(36-30-42)58(56-28-14-20-44-18-8-10-26-54(44)56)50-39-33-46(34-40-50)52-24-12-11-23-51(52)45-31-37-49(38-32-45)57(47-21-5-2-6-22-47)55-27-13-19-43-17-7-9-25-53(43)55/h1-40H. The van der Waals surface area contributed by atoms with Crippen molar-refractivity contribution < 1.29 is 0 Å². The Morgan fingerprint density at radius 2 is 0.534 bits per heavy atom. The van der Waals surface area contributed by atoms with Crippen molar-refractivity contribution in [2.75, 3.05) is 9.80 Å². The van der Waals surface area contributed by atoms with Gasteiger partial charge in [0.25, 0.3) is 0 Å². The number of benzene rings is 10. The lowest BCUT2D eigenvalue weighted by atomic mass is 9.94. The SMILES string of the molecule is c1ccc(-c2ccc(N(c3ccc(-c4ccccc4-c4ccc(N(c5ccccc5)c5cccc6ccccc56)cc4)cc3)c3cccc4ccccc34)cc2)cc1. The van der Waals surface area contributed by atoms with Gasteiger partial charge in [-0.1, -0.05) is 182 Å². The van der Waals surface area contributed by atoms with Crippen LogP contribution in [0.2, 0.25) is 0 Å². The predicted molar refractivity (Wildman–Crippen MR) is 247 cm³/mol. The Morgan fingerprint density at radius 3 is 1.00 bits per heavy atom. The van der Waals surface area contributed by atoms with Crippen molar-refractivity contribution in [2.24, 2.45) is 0 Å². The topological polar surface area (TPSA) is 6.48 Å². The van der Waals surface area contributed by atoms with Crippen LogP contribution in [0.15, 0.2) is 243 Å². The minimum atomic E-state index is 1.10. The zero-order valence-electron chi connectivity index (χ0n) is 32.0. The lowest BCUT2D eigenvalue weighted by molar-refractivity contribution is 1.30. The fourth-order valence-corrected chi connectivity index (χ4v) is 8.24. The Kier molecular flexibility index (Phi) is 9.27. The number of rotatable bonds is 9. The van der Waals surface area contributed by atoms with Crippen LogP contribution in [0.5, 0.6) is 0 Å². The van der Waals surface area contributed by atoms with Gasteiger partial charge in [-0.25, -0.2) is 0 Å². The second-order valence-corrected chi connectivity index (χ2v) is 14.6. The highest BCUT2D eigenvalue weighted by atomic mass is 15.1. The highest BCUT2D eigenvalue weighted by Gasteiger charge is 2.18. The quantitative estimate of drug-likeness (QED) is 0.145. The Hall–Kier alpha value is -7.68. The van der Waals surface area contributed by atoms with Gasteiger partial charge in [0.05, 0.1) is 11.4 Å². The van der Waals surface area contributed by atoms with Gasteiger partial charge < -0.3 is 9.80 Å². The minimum absolute atomic E-state index is 1.10. The molecule has 0 radical (unpaired) electrons. The van der Waals surface area contributed by atoms with Crippen LogP contribution in [0.4, 0.5) is 34.1 Å². The fraction of sp³-hybridized carbons (Fsp3) is 0. The van der Waals surface area contributed by atoms with Crippen molar-refractivity contribution >= 4 is 55.7 Å². The molecular formula is C56H40N2. The van der Waals surface area contributed by atoms with E-state index in [1.54, 1.807) is 0 Å². The van der Waals surface area contributed by atoms with Crippen LogP contribution in [0.25, 0.3) is 54.9 Å². The molecule has 10 aromatic carbocycles. The number of hydrogen-bond acceptors (Lipinski definition) is 2. The zero-order chi connectivity index (χ0) is 38.7. The van der Waals surface area contributed by atoms with Crippen LogP contribution in [0, 0.1) is 0 Å². The first-order valence-electron chi connectivity index (χ1n) is 19.8. The number of fused-ring (bicyclic) bond motifs is 2. The molecule has 58 heavy (non-hydrogen) atoms. The summed E-state index contributed by atoms with van der Waals surface area (Å²) in [7, 11) is 0. The van der Waals surface area contributed by atoms with Crippen LogP contribution in [0.1, 0.15) is 0 Å². The first-order valence-corrected chi connectivity index (χ1v) is 19.8. The normalized spacial score (nSPS) is 11.1. The predicted octanol–water partition coefficient (Wildman–Crippen LogP) is 15.9. The molecule has 274 valence electrons. The van der Waals surface area contributed by atoms with E-state index in [1.807, 2.05) is 0 Å². The van der Waals surface area contributed by atoms with Crippen LogP contribution in [-0.2, 0) is 0 Å². The van der Waals surface area contributed by atoms with Gasteiger partial charge in [-0.3, -0.25) is 0 Å². The molecule has 0 saturated heterocycles. The third kappa shape index (κ3) is 6.67. The van der Waals surface area contributed by atoms with E-state index in [-0.39, 0.29) is 0 Å². The van der Waals surface area contributed by atoms with Crippen molar-refractivity contribution in [3.05, 3.63) is 243 Å². The average molecular weight is 741 g/mol. The molecule has 0 unspecified atom stereocenters. The summed E-state index contributed by atoms with van der Waals surface area (Å²) in [6.07, 6.45) is 0. The largest absolute Gasteiger partial charge is 0.310 e. The molecule has 0 aliphatic heterocycles. The van der Waals surface area contributed by atoms with E-state index >= 15 is 0 Å². The molecule has 0 aliphatic rings. The molecule has 0 spiro atoms. The van der Waals surface area contributed by atoms with Crippen LogP contribution in [0.3, 0.4) is 0 Å². The van der Waals surface area contributed by atoms with E-state index in [0.717, 1.165) is 34.1 Å². The lowest BCUT2D eigenvalue weighted by Crippen LogP contribution is -2.10. The van der Waals surface area contributed by atoms with Crippen molar-refractivity contribution in [1.82, 2.24) is 0 Å². The second kappa shape index (κ2) is 15.5. The third-order valence-corrected chi connectivity index (χ3v) is 11.1. The fourth-order valence-electron chi connectivity index (χ4n) is 8.24. The Morgan fingerprint density at radius 1 is 0.207 bits per heavy atom. The Balaban J connectivity index is 1.01. The Labute approximate surface area is 340 Å². The lowest BCUT2D eigenvalue weighted by Gasteiger charge is -2.27. The van der Waals surface area contributed by atoms with E-state index < -0.39 is 0 Å². The summed E-state index contributed by atoms with van der Waals surface area (Å²) in [6, 6.07) is 87.2. The summed E-state index contributed by atoms with van der Waals surface area (Å²) in [5.41, 5.74) is 13.9. The average Bonchev–Trinajstić information content (AvgIpc) is 3.31. The van der Waals surface area contributed by atoms with Gasteiger partial charge in [-0.05, 0) is 105 Å². The molecule has 0 amide bonds. The molecule has 0 heterocycles. The summed E-state index contributed by atoms with van der Waals surface area (Å²) in [6.45, 7) is 0. The van der Waals surface area contributed by atoms with Crippen molar-refractivity contribution in [3.63, 3.8) is 0 Å². The first kappa shape index (κ1) is 34.8. The summed E-state index contributed by atoms with van der Waals surface area (Å²) in [5, 5.41) is 4.86. The maximum Gasteiger partial charge on any atom is 0.0540 e. The number of para-hydroxylation sites is 1. The molecule has 2 heteroatoms. The summed E-state index contributed by atoms with van der Waals surface area (Å²) < 4.78 is 0. The van der Waals surface area contributed by atoms with Gasteiger partial charge >= 0.3 is 0 Å². The van der Waals surface area contributed by atoms with Crippen molar-refractivity contribution in [2.45, 2.75) is 0 Å².